The Morgan fingerprint density at radius 2 is 2.00 bits per heavy atom. The quantitative estimate of drug-likeness (QED) is 0.877. The highest BCUT2D eigenvalue weighted by Crippen LogP contribution is 2.26. The van der Waals surface area contributed by atoms with Crippen LogP contribution in [0.4, 0.5) is 5.69 Å². The first-order valence-corrected chi connectivity index (χ1v) is 9.14. The molecule has 1 fully saturated rings. The van der Waals surface area contributed by atoms with Crippen molar-refractivity contribution in [3.05, 3.63) is 42.0 Å². The van der Waals surface area contributed by atoms with E-state index in [0.29, 0.717) is 5.92 Å². The predicted octanol–water partition coefficient (Wildman–Crippen LogP) is 3.06. The number of amides is 1. The van der Waals surface area contributed by atoms with Crippen LogP contribution in [0.5, 0.6) is 0 Å². The molecule has 134 valence electrons. The molecule has 1 aromatic heterocycles. The number of nitrogens with zero attached hydrogens (tertiary/aromatic N) is 4. The van der Waals surface area contributed by atoms with Crippen LogP contribution in [0, 0.1) is 0 Å². The molecule has 1 amide bonds. The van der Waals surface area contributed by atoms with Crippen molar-refractivity contribution in [2.24, 2.45) is 0 Å². The number of likely N-dealkylation sites (tertiary alicyclic amines) is 1. The molecule has 0 radical (unpaired) electrons. The van der Waals surface area contributed by atoms with E-state index in [1.165, 1.54) is 12.8 Å². The number of benzene rings is 1. The first-order chi connectivity index (χ1) is 12.2. The van der Waals surface area contributed by atoms with Gasteiger partial charge in [-0.05, 0) is 43.5 Å². The van der Waals surface area contributed by atoms with Gasteiger partial charge in [0.1, 0.15) is 12.2 Å². The molecule has 6 nitrogen and oxygen atoms in total. The predicted molar refractivity (Wildman–Crippen MR) is 98.9 cm³/mol. The number of hydrogen-bond acceptors (Lipinski definition) is 4. The van der Waals surface area contributed by atoms with Gasteiger partial charge in [0.2, 0.25) is 0 Å². The number of carbonyl (C=O) groups excluding carboxylic acids is 1. The SMILES string of the molecule is CCCCN(C)c1ccc(C(=O)N2CCC(c3ncn[nH]3)CC2)cc1. The van der Waals surface area contributed by atoms with Crippen molar-refractivity contribution < 1.29 is 4.79 Å². The second-order valence-electron chi connectivity index (χ2n) is 6.76. The summed E-state index contributed by atoms with van der Waals surface area (Å²) >= 11 is 0. The Morgan fingerprint density at radius 1 is 1.28 bits per heavy atom. The second kappa shape index (κ2) is 8.14. The van der Waals surface area contributed by atoms with Gasteiger partial charge in [0, 0.05) is 43.9 Å². The number of anilines is 1. The van der Waals surface area contributed by atoms with E-state index in [2.05, 4.69) is 34.1 Å². The molecule has 6 heteroatoms. The lowest BCUT2D eigenvalue weighted by atomic mass is 9.95. The van der Waals surface area contributed by atoms with Crippen molar-refractivity contribution in [3.8, 4) is 0 Å². The first kappa shape index (κ1) is 17.5. The fraction of sp³-hybridized carbons (Fsp3) is 0.526. The number of piperidine rings is 1. The number of aromatic nitrogens is 3. The van der Waals surface area contributed by atoms with E-state index in [9.17, 15) is 4.79 Å². The van der Waals surface area contributed by atoms with Crippen molar-refractivity contribution in [1.82, 2.24) is 20.1 Å². The van der Waals surface area contributed by atoms with Gasteiger partial charge < -0.3 is 9.80 Å². The Balaban J connectivity index is 1.56. The Hall–Kier alpha value is -2.37. The van der Waals surface area contributed by atoms with Crippen LogP contribution < -0.4 is 4.90 Å². The van der Waals surface area contributed by atoms with E-state index in [-0.39, 0.29) is 5.91 Å². The molecular formula is C19H27N5O. The summed E-state index contributed by atoms with van der Waals surface area (Å²) in [5.74, 6) is 1.44. The molecule has 0 saturated carbocycles. The lowest BCUT2D eigenvalue weighted by molar-refractivity contribution is 0.0711. The molecule has 3 rings (SSSR count). The number of unbranched alkanes of at least 4 members (excludes halogenated alkanes) is 1. The van der Waals surface area contributed by atoms with Crippen molar-refractivity contribution >= 4 is 11.6 Å². The first-order valence-electron chi connectivity index (χ1n) is 9.14. The van der Waals surface area contributed by atoms with Gasteiger partial charge in [-0.3, -0.25) is 9.89 Å². The molecule has 1 N–H and O–H groups in total. The topological polar surface area (TPSA) is 65.1 Å². The molecule has 1 aliphatic rings. The summed E-state index contributed by atoms with van der Waals surface area (Å²) in [6.07, 6.45) is 5.77. The summed E-state index contributed by atoms with van der Waals surface area (Å²) in [5.41, 5.74) is 1.93. The van der Waals surface area contributed by atoms with Crippen LogP contribution in [0.2, 0.25) is 0 Å². The molecular weight excluding hydrogens is 314 g/mol. The Bertz CT molecular complexity index is 660. The monoisotopic (exact) mass is 341 g/mol. The number of rotatable bonds is 6. The molecule has 2 aromatic rings. The van der Waals surface area contributed by atoms with Crippen LogP contribution in [-0.4, -0.2) is 52.7 Å². The summed E-state index contributed by atoms with van der Waals surface area (Å²) in [6, 6.07) is 7.99. The van der Waals surface area contributed by atoms with Crippen LogP contribution in [-0.2, 0) is 0 Å². The lowest BCUT2D eigenvalue weighted by Crippen LogP contribution is -2.38. The molecule has 1 saturated heterocycles. The second-order valence-corrected chi connectivity index (χ2v) is 6.76. The maximum Gasteiger partial charge on any atom is 0.253 e. The standard InChI is InChI=1S/C19H27N5O/c1-3-4-11-23(2)17-7-5-16(6-8-17)19(25)24-12-9-15(10-13-24)18-20-14-21-22-18/h5-8,14-15H,3-4,9-13H2,1-2H3,(H,20,21,22). The van der Waals surface area contributed by atoms with Crippen molar-refractivity contribution in [2.45, 2.75) is 38.5 Å². The normalized spacial score (nSPS) is 15.4. The molecule has 1 aromatic carbocycles. The van der Waals surface area contributed by atoms with Crippen LogP contribution in [0.15, 0.2) is 30.6 Å². The zero-order valence-corrected chi connectivity index (χ0v) is 15.1. The third-order valence-electron chi connectivity index (χ3n) is 5.00. The fourth-order valence-electron chi connectivity index (χ4n) is 3.33. The number of H-pyrrole nitrogens is 1. The average molecular weight is 341 g/mol. The minimum Gasteiger partial charge on any atom is -0.375 e. The van der Waals surface area contributed by atoms with E-state index in [0.717, 1.165) is 49.6 Å². The van der Waals surface area contributed by atoms with Gasteiger partial charge in [-0.15, -0.1) is 0 Å². The third kappa shape index (κ3) is 4.18. The Labute approximate surface area is 149 Å². The molecule has 25 heavy (non-hydrogen) atoms. The average Bonchev–Trinajstić information content (AvgIpc) is 3.20. The fourth-order valence-corrected chi connectivity index (χ4v) is 3.33. The van der Waals surface area contributed by atoms with E-state index in [1.54, 1.807) is 6.33 Å². The van der Waals surface area contributed by atoms with Crippen LogP contribution in [0.25, 0.3) is 0 Å². The number of hydrogen-bond donors (Lipinski definition) is 1. The van der Waals surface area contributed by atoms with Gasteiger partial charge in [-0.1, -0.05) is 13.3 Å². The maximum absolute atomic E-state index is 12.7. The van der Waals surface area contributed by atoms with Crippen molar-refractivity contribution in [1.29, 1.82) is 0 Å². The Morgan fingerprint density at radius 3 is 2.60 bits per heavy atom. The molecule has 2 heterocycles. The summed E-state index contributed by atoms with van der Waals surface area (Å²) in [6.45, 7) is 4.77. The third-order valence-corrected chi connectivity index (χ3v) is 5.00. The summed E-state index contributed by atoms with van der Waals surface area (Å²) < 4.78 is 0. The number of aromatic amines is 1. The molecule has 0 unspecified atom stereocenters. The van der Waals surface area contributed by atoms with Crippen molar-refractivity contribution in [2.75, 3.05) is 31.6 Å². The molecule has 0 spiro atoms. The van der Waals surface area contributed by atoms with Crippen LogP contribution >= 0.6 is 0 Å². The lowest BCUT2D eigenvalue weighted by Gasteiger charge is -2.31. The molecule has 0 bridgehead atoms. The Kier molecular flexibility index (Phi) is 5.68. The number of carbonyl (C=O) groups is 1. The van der Waals surface area contributed by atoms with Gasteiger partial charge in [-0.2, -0.15) is 5.10 Å². The molecule has 0 atom stereocenters. The van der Waals surface area contributed by atoms with E-state index in [4.69, 9.17) is 0 Å². The van der Waals surface area contributed by atoms with E-state index < -0.39 is 0 Å². The minimum atomic E-state index is 0.124. The zero-order chi connectivity index (χ0) is 17.6. The van der Waals surface area contributed by atoms with Gasteiger partial charge in [0.15, 0.2) is 0 Å². The van der Waals surface area contributed by atoms with Gasteiger partial charge in [0.05, 0.1) is 0 Å². The maximum atomic E-state index is 12.7. The largest absolute Gasteiger partial charge is 0.375 e. The van der Waals surface area contributed by atoms with Crippen LogP contribution in [0.3, 0.4) is 0 Å². The van der Waals surface area contributed by atoms with Crippen molar-refractivity contribution in [3.63, 3.8) is 0 Å². The highest BCUT2D eigenvalue weighted by molar-refractivity contribution is 5.94. The van der Waals surface area contributed by atoms with E-state index in [1.807, 2.05) is 29.2 Å². The van der Waals surface area contributed by atoms with E-state index >= 15 is 0 Å². The highest BCUT2D eigenvalue weighted by Gasteiger charge is 2.26. The molecule has 0 aliphatic carbocycles. The van der Waals surface area contributed by atoms with Crippen LogP contribution in [0.1, 0.15) is 54.7 Å². The highest BCUT2D eigenvalue weighted by atomic mass is 16.2. The number of nitrogens with one attached hydrogen (secondary N) is 1. The minimum absolute atomic E-state index is 0.124. The summed E-state index contributed by atoms with van der Waals surface area (Å²) in [4.78, 5) is 21.1. The van der Waals surface area contributed by atoms with Gasteiger partial charge in [0.25, 0.3) is 5.91 Å². The smallest absolute Gasteiger partial charge is 0.253 e. The molecule has 1 aliphatic heterocycles. The van der Waals surface area contributed by atoms with Gasteiger partial charge in [-0.25, -0.2) is 4.98 Å². The van der Waals surface area contributed by atoms with Gasteiger partial charge >= 0.3 is 0 Å². The zero-order valence-electron chi connectivity index (χ0n) is 15.1. The summed E-state index contributed by atoms with van der Waals surface area (Å²) in [7, 11) is 2.10. The summed E-state index contributed by atoms with van der Waals surface area (Å²) in [5, 5.41) is 6.86.